The zero-order chi connectivity index (χ0) is 13.8. The first kappa shape index (κ1) is 13.4. The maximum absolute atomic E-state index is 6.07. The molecule has 1 saturated heterocycles. The molecule has 0 aromatic heterocycles. The van der Waals surface area contributed by atoms with Gasteiger partial charge in [0.25, 0.3) is 0 Å². The Kier molecular flexibility index (Phi) is 4.21. The lowest BCUT2D eigenvalue weighted by atomic mass is 9.98. The topological polar surface area (TPSA) is 42.8 Å². The molecular formula is C16H22N2O2. The fraction of sp³-hybridized carbons (Fsp3) is 0.562. The predicted octanol–water partition coefficient (Wildman–Crippen LogP) is 2.03. The maximum atomic E-state index is 6.07. The van der Waals surface area contributed by atoms with E-state index in [4.69, 9.17) is 9.47 Å². The Morgan fingerprint density at radius 3 is 2.90 bits per heavy atom. The molecule has 4 nitrogen and oxygen atoms in total. The summed E-state index contributed by atoms with van der Waals surface area (Å²) in [6.45, 7) is 2.92. The highest BCUT2D eigenvalue weighted by molar-refractivity contribution is 5.80. The third-order valence-electron chi connectivity index (χ3n) is 4.07. The smallest absolute Gasteiger partial charge is 0.187 e. The summed E-state index contributed by atoms with van der Waals surface area (Å²) < 4.78 is 11.5. The van der Waals surface area contributed by atoms with Crippen molar-refractivity contribution in [2.75, 3.05) is 26.7 Å². The summed E-state index contributed by atoms with van der Waals surface area (Å²) in [6.07, 6.45) is 3.30. The first-order chi connectivity index (χ1) is 9.86. The summed E-state index contributed by atoms with van der Waals surface area (Å²) in [6, 6.07) is 8.14. The number of methoxy groups -OCH3 is 1. The van der Waals surface area contributed by atoms with Gasteiger partial charge in [0, 0.05) is 12.3 Å². The van der Waals surface area contributed by atoms with Crippen molar-refractivity contribution in [3.8, 4) is 5.75 Å². The molecule has 20 heavy (non-hydrogen) atoms. The summed E-state index contributed by atoms with van der Waals surface area (Å²) in [4.78, 5) is 4.62. The summed E-state index contributed by atoms with van der Waals surface area (Å²) in [5.41, 5.74) is 1.20. The average molecular weight is 274 g/mol. The van der Waals surface area contributed by atoms with Crippen molar-refractivity contribution in [2.45, 2.75) is 25.4 Å². The molecule has 0 radical (unpaired) electrons. The van der Waals surface area contributed by atoms with E-state index in [9.17, 15) is 0 Å². The molecular weight excluding hydrogens is 252 g/mol. The summed E-state index contributed by atoms with van der Waals surface area (Å²) >= 11 is 0. The molecule has 2 aliphatic rings. The van der Waals surface area contributed by atoms with E-state index in [0.29, 0.717) is 5.92 Å². The van der Waals surface area contributed by atoms with Gasteiger partial charge in [-0.15, -0.1) is 0 Å². The number of para-hydroxylation sites is 1. The fourth-order valence-corrected chi connectivity index (χ4v) is 2.95. The first-order valence-electron chi connectivity index (χ1n) is 7.40. The third-order valence-corrected chi connectivity index (χ3v) is 4.07. The molecule has 108 valence electrons. The minimum Gasteiger partial charge on any atom is -0.496 e. The van der Waals surface area contributed by atoms with E-state index in [1.165, 1.54) is 5.56 Å². The van der Waals surface area contributed by atoms with Crippen LogP contribution in [-0.4, -0.2) is 38.7 Å². The molecule has 3 rings (SSSR count). The Hall–Kier alpha value is -1.55. The Bertz CT molecular complexity index is 481. The Morgan fingerprint density at radius 2 is 2.10 bits per heavy atom. The number of ether oxygens (including phenoxy) is 2. The number of nitrogens with zero attached hydrogens (tertiary/aromatic N) is 1. The lowest BCUT2D eigenvalue weighted by Crippen LogP contribution is -2.32. The molecule has 0 saturated carbocycles. The van der Waals surface area contributed by atoms with Crippen molar-refractivity contribution in [3.63, 3.8) is 0 Å². The van der Waals surface area contributed by atoms with Crippen molar-refractivity contribution in [3.05, 3.63) is 29.8 Å². The molecule has 1 atom stereocenters. The van der Waals surface area contributed by atoms with Crippen LogP contribution < -0.4 is 10.1 Å². The van der Waals surface area contributed by atoms with Crippen LogP contribution in [0.3, 0.4) is 0 Å². The number of piperidine rings is 1. The second-order valence-corrected chi connectivity index (χ2v) is 5.46. The zero-order valence-corrected chi connectivity index (χ0v) is 12.0. The molecule has 2 heterocycles. The molecule has 1 unspecified atom stereocenters. The molecule has 0 aliphatic carbocycles. The molecule has 4 heteroatoms. The Balaban J connectivity index is 1.58. The van der Waals surface area contributed by atoms with Crippen molar-refractivity contribution in [1.82, 2.24) is 5.32 Å². The lowest BCUT2D eigenvalue weighted by molar-refractivity contribution is 0.203. The normalized spacial score (nSPS) is 23.2. The van der Waals surface area contributed by atoms with Gasteiger partial charge in [0.15, 0.2) is 5.90 Å². The fourth-order valence-electron chi connectivity index (χ4n) is 2.95. The van der Waals surface area contributed by atoms with E-state index in [2.05, 4.69) is 16.4 Å². The second kappa shape index (κ2) is 6.27. The standard InChI is InChI=1S/C16H22N2O2/c1-19-15-5-3-2-4-13(15)10-14-11-18-16(20-14)12-6-8-17-9-7-12/h2-5,12,14,17H,6-11H2,1H3. The van der Waals surface area contributed by atoms with E-state index in [-0.39, 0.29) is 6.10 Å². The van der Waals surface area contributed by atoms with E-state index >= 15 is 0 Å². The second-order valence-electron chi connectivity index (χ2n) is 5.46. The monoisotopic (exact) mass is 274 g/mol. The summed E-state index contributed by atoms with van der Waals surface area (Å²) in [5.74, 6) is 2.43. The van der Waals surface area contributed by atoms with E-state index in [0.717, 1.165) is 50.5 Å². The van der Waals surface area contributed by atoms with Crippen molar-refractivity contribution >= 4 is 5.90 Å². The van der Waals surface area contributed by atoms with Crippen molar-refractivity contribution in [1.29, 1.82) is 0 Å². The molecule has 1 aromatic carbocycles. The summed E-state index contributed by atoms with van der Waals surface area (Å²) in [5, 5.41) is 3.38. The Morgan fingerprint density at radius 1 is 1.30 bits per heavy atom. The highest BCUT2D eigenvalue weighted by Gasteiger charge is 2.28. The number of rotatable bonds is 4. The SMILES string of the molecule is COc1ccccc1CC1CN=C(C2CCNCC2)O1. The first-order valence-corrected chi connectivity index (χ1v) is 7.40. The van der Waals surface area contributed by atoms with Crippen LogP contribution in [0.5, 0.6) is 5.75 Å². The van der Waals surface area contributed by atoms with Crippen molar-refractivity contribution < 1.29 is 9.47 Å². The lowest BCUT2D eigenvalue weighted by Gasteiger charge is -2.23. The van der Waals surface area contributed by atoms with Crippen LogP contribution in [0.2, 0.25) is 0 Å². The van der Waals surface area contributed by atoms with Gasteiger partial charge in [-0.2, -0.15) is 0 Å². The van der Waals surface area contributed by atoms with Crippen LogP contribution in [0.25, 0.3) is 0 Å². The minimum absolute atomic E-state index is 0.163. The molecule has 0 bridgehead atoms. The average Bonchev–Trinajstić information content (AvgIpc) is 2.97. The maximum Gasteiger partial charge on any atom is 0.187 e. The largest absolute Gasteiger partial charge is 0.496 e. The molecule has 1 fully saturated rings. The van der Waals surface area contributed by atoms with E-state index in [1.54, 1.807) is 7.11 Å². The molecule has 1 N–H and O–H groups in total. The highest BCUT2D eigenvalue weighted by Crippen LogP contribution is 2.24. The van der Waals surface area contributed by atoms with Crippen LogP contribution in [0.4, 0.5) is 0 Å². The number of hydrogen-bond donors (Lipinski definition) is 1. The van der Waals surface area contributed by atoms with Gasteiger partial charge < -0.3 is 14.8 Å². The van der Waals surface area contributed by atoms with Gasteiger partial charge >= 0.3 is 0 Å². The summed E-state index contributed by atoms with van der Waals surface area (Å²) in [7, 11) is 1.71. The number of hydrogen-bond acceptors (Lipinski definition) is 4. The quantitative estimate of drug-likeness (QED) is 0.913. The van der Waals surface area contributed by atoms with Gasteiger partial charge in [-0.05, 0) is 37.6 Å². The predicted molar refractivity (Wildman–Crippen MR) is 79.5 cm³/mol. The number of aliphatic imine (C=N–C) groups is 1. The van der Waals surface area contributed by atoms with Gasteiger partial charge in [-0.3, -0.25) is 4.99 Å². The zero-order valence-electron chi connectivity index (χ0n) is 12.0. The molecule has 1 aromatic rings. The van der Waals surface area contributed by atoms with Crippen LogP contribution in [0.15, 0.2) is 29.3 Å². The van der Waals surface area contributed by atoms with E-state index < -0.39 is 0 Å². The Labute approximate surface area is 120 Å². The highest BCUT2D eigenvalue weighted by atomic mass is 16.5. The van der Waals surface area contributed by atoms with Gasteiger partial charge in [-0.1, -0.05) is 18.2 Å². The van der Waals surface area contributed by atoms with Crippen LogP contribution >= 0.6 is 0 Å². The minimum atomic E-state index is 0.163. The van der Waals surface area contributed by atoms with Crippen molar-refractivity contribution in [2.24, 2.45) is 10.9 Å². The third kappa shape index (κ3) is 2.96. The van der Waals surface area contributed by atoms with Gasteiger partial charge in [0.2, 0.25) is 0 Å². The van der Waals surface area contributed by atoms with Crippen LogP contribution in [0, 0.1) is 5.92 Å². The van der Waals surface area contributed by atoms with Crippen LogP contribution in [0.1, 0.15) is 18.4 Å². The molecule has 2 aliphatic heterocycles. The van der Waals surface area contributed by atoms with Gasteiger partial charge in [0.1, 0.15) is 11.9 Å². The number of benzene rings is 1. The molecule has 0 amide bonds. The van der Waals surface area contributed by atoms with Gasteiger partial charge in [0.05, 0.1) is 13.7 Å². The van der Waals surface area contributed by atoms with E-state index in [1.807, 2.05) is 18.2 Å². The van der Waals surface area contributed by atoms with Gasteiger partial charge in [-0.25, -0.2) is 0 Å². The molecule has 0 spiro atoms. The van der Waals surface area contributed by atoms with Crippen LogP contribution in [-0.2, 0) is 11.2 Å². The number of nitrogens with one attached hydrogen (secondary N) is 1.